The topological polar surface area (TPSA) is 52.8 Å². The van der Waals surface area contributed by atoms with Crippen molar-refractivity contribution in [1.29, 1.82) is 0 Å². The molecular weight excluding hydrogens is 372 g/mol. The number of nitrogens with zero attached hydrogens (tertiary/aromatic N) is 2. The molecule has 28 heavy (non-hydrogen) atoms. The van der Waals surface area contributed by atoms with Crippen molar-refractivity contribution in [1.82, 2.24) is 4.57 Å². The average Bonchev–Trinajstić information content (AvgIpc) is 2.98. The predicted octanol–water partition coefficient (Wildman–Crippen LogP) is 4.03. The van der Waals surface area contributed by atoms with Crippen molar-refractivity contribution in [2.45, 2.75) is 33.7 Å². The van der Waals surface area contributed by atoms with Crippen molar-refractivity contribution in [3.8, 4) is 5.75 Å². The molecule has 0 spiro atoms. The molecule has 0 fully saturated rings. The van der Waals surface area contributed by atoms with Gasteiger partial charge in [-0.3, -0.25) is 4.79 Å². The highest BCUT2D eigenvalue weighted by Crippen LogP contribution is 2.22. The van der Waals surface area contributed by atoms with Gasteiger partial charge in [-0.2, -0.15) is 4.99 Å². The number of benzene rings is 2. The monoisotopic (exact) mass is 398 g/mol. The van der Waals surface area contributed by atoms with Gasteiger partial charge in [-0.1, -0.05) is 23.5 Å². The quantitative estimate of drug-likeness (QED) is 0.604. The van der Waals surface area contributed by atoms with Crippen LogP contribution in [0.5, 0.6) is 5.75 Å². The van der Waals surface area contributed by atoms with E-state index in [1.807, 2.05) is 31.2 Å². The van der Waals surface area contributed by atoms with Crippen LogP contribution in [0, 0.1) is 13.8 Å². The molecule has 1 heterocycles. The van der Waals surface area contributed by atoms with Gasteiger partial charge in [0.1, 0.15) is 5.75 Å². The fourth-order valence-corrected chi connectivity index (χ4v) is 4.15. The van der Waals surface area contributed by atoms with E-state index in [1.54, 1.807) is 18.4 Å². The molecule has 1 aromatic heterocycles. The second kappa shape index (κ2) is 9.17. The van der Waals surface area contributed by atoms with Crippen LogP contribution in [0.25, 0.3) is 10.2 Å². The van der Waals surface area contributed by atoms with Gasteiger partial charge in [-0.25, -0.2) is 0 Å². The molecule has 0 bridgehead atoms. The first-order valence-electron chi connectivity index (χ1n) is 9.40. The summed E-state index contributed by atoms with van der Waals surface area (Å²) in [6.45, 7) is 8.00. The summed E-state index contributed by atoms with van der Waals surface area (Å²) in [6.07, 6.45) is 0.267. The van der Waals surface area contributed by atoms with Gasteiger partial charge in [-0.05, 0) is 61.7 Å². The van der Waals surface area contributed by atoms with E-state index in [2.05, 4.69) is 35.5 Å². The van der Waals surface area contributed by atoms with E-state index in [0.717, 1.165) is 21.5 Å². The molecular formula is C22H26N2O3S. The van der Waals surface area contributed by atoms with Crippen LogP contribution in [0.2, 0.25) is 0 Å². The summed E-state index contributed by atoms with van der Waals surface area (Å²) in [5.41, 5.74) is 4.48. The molecule has 6 heteroatoms. The van der Waals surface area contributed by atoms with E-state index in [9.17, 15) is 4.79 Å². The van der Waals surface area contributed by atoms with Gasteiger partial charge in [0, 0.05) is 13.7 Å². The van der Waals surface area contributed by atoms with Gasteiger partial charge in [0.05, 0.1) is 29.9 Å². The summed E-state index contributed by atoms with van der Waals surface area (Å²) in [5.74, 6) is 0.651. The van der Waals surface area contributed by atoms with E-state index in [-0.39, 0.29) is 12.3 Å². The fraction of sp³-hybridized carbons (Fsp3) is 0.364. The van der Waals surface area contributed by atoms with Gasteiger partial charge < -0.3 is 14.0 Å². The van der Waals surface area contributed by atoms with Gasteiger partial charge in [0.15, 0.2) is 4.80 Å². The summed E-state index contributed by atoms with van der Waals surface area (Å²) in [5, 5.41) is 0. The van der Waals surface area contributed by atoms with Crippen molar-refractivity contribution in [3.05, 3.63) is 57.9 Å². The van der Waals surface area contributed by atoms with Crippen molar-refractivity contribution >= 4 is 27.5 Å². The van der Waals surface area contributed by atoms with E-state index in [1.165, 1.54) is 11.1 Å². The van der Waals surface area contributed by atoms with Gasteiger partial charge in [0.25, 0.3) is 5.91 Å². The number of hydrogen-bond donors (Lipinski definition) is 0. The van der Waals surface area contributed by atoms with Gasteiger partial charge in [-0.15, -0.1) is 0 Å². The molecule has 0 radical (unpaired) electrons. The number of aryl methyl sites for hydroxylation is 2. The van der Waals surface area contributed by atoms with Crippen molar-refractivity contribution in [2.75, 3.05) is 20.3 Å². The van der Waals surface area contributed by atoms with Gasteiger partial charge in [0.2, 0.25) is 0 Å². The second-order valence-electron chi connectivity index (χ2n) is 6.69. The van der Waals surface area contributed by atoms with Crippen LogP contribution in [-0.2, 0) is 22.5 Å². The second-order valence-corrected chi connectivity index (χ2v) is 7.70. The Bertz CT molecular complexity index is 1030. The minimum atomic E-state index is -0.157. The van der Waals surface area contributed by atoms with E-state index < -0.39 is 0 Å². The molecule has 0 aliphatic carbocycles. The molecule has 5 nitrogen and oxygen atoms in total. The number of carbonyl (C=O) groups excluding carboxylic acids is 1. The lowest BCUT2D eigenvalue weighted by Gasteiger charge is -2.06. The van der Waals surface area contributed by atoms with Crippen LogP contribution < -0.4 is 9.54 Å². The SMILES string of the molecule is CCOc1ccc(CC(=O)N=c2sc3cc(C)c(C)cc3n2CCOC)cc1. The first kappa shape index (κ1) is 20.3. The summed E-state index contributed by atoms with van der Waals surface area (Å²) >= 11 is 1.55. The molecule has 148 valence electrons. The highest BCUT2D eigenvalue weighted by atomic mass is 32.1. The Morgan fingerprint density at radius 1 is 1.14 bits per heavy atom. The Balaban J connectivity index is 1.91. The minimum absolute atomic E-state index is 0.157. The van der Waals surface area contributed by atoms with Crippen molar-refractivity contribution < 1.29 is 14.3 Å². The van der Waals surface area contributed by atoms with E-state index >= 15 is 0 Å². The molecule has 3 rings (SSSR count). The maximum atomic E-state index is 12.6. The number of thiazole rings is 1. The fourth-order valence-electron chi connectivity index (χ4n) is 3.00. The highest BCUT2D eigenvalue weighted by molar-refractivity contribution is 7.16. The normalized spacial score (nSPS) is 11.9. The third-order valence-corrected chi connectivity index (χ3v) is 5.67. The lowest BCUT2D eigenvalue weighted by atomic mass is 10.1. The van der Waals surface area contributed by atoms with Crippen LogP contribution in [-0.4, -0.2) is 30.8 Å². The largest absolute Gasteiger partial charge is 0.494 e. The molecule has 1 amide bonds. The summed E-state index contributed by atoms with van der Waals surface area (Å²) in [6, 6.07) is 11.9. The molecule has 0 unspecified atom stereocenters. The Labute approximate surface area is 169 Å². The summed E-state index contributed by atoms with van der Waals surface area (Å²) in [7, 11) is 1.68. The van der Waals surface area contributed by atoms with Crippen LogP contribution in [0.15, 0.2) is 41.4 Å². The predicted molar refractivity (Wildman–Crippen MR) is 113 cm³/mol. The molecule has 0 saturated heterocycles. The molecule has 0 aliphatic heterocycles. The smallest absolute Gasteiger partial charge is 0.252 e. The molecule has 0 N–H and O–H groups in total. The lowest BCUT2D eigenvalue weighted by Crippen LogP contribution is -2.19. The third kappa shape index (κ3) is 4.69. The Hall–Kier alpha value is -2.44. The zero-order valence-corrected chi connectivity index (χ0v) is 17.6. The Morgan fingerprint density at radius 2 is 1.86 bits per heavy atom. The number of fused-ring (bicyclic) bond motifs is 1. The number of rotatable bonds is 7. The maximum Gasteiger partial charge on any atom is 0.252 e. The maximum absolute atomic E-state index is 12.6. The van der Waals surface area contributed by atoms with Crippen LogP contribution in [0.3, 0.4) is 0 Å². The standard InChI is InChI=1S/C22H26N2O3S/c1-5-27-18-8-6-17(7-9-18)14-21(25)23-22-24(10-11-26-4)19-12-15(2)16(3)13-20(19)28-22/h6-9,12-13H,5,10-11,14H2,1-4H3. The number of hydrogen-bond acceptors (Lipinski definition) is 4. The number of amides is 1. The number of ether oxygens (including phenoxy) is 2. The number of methoxy groups -OCH3 is 1. The number of carbonyl (C=O) groups is 1. The molecule has 0 saturated carbocycles. The Morgan fingerprint density at radius 3 is 2.54 bits per heavy atom. The highest BCUT2D eigenvalue weighted by Gasteiger charge is 2.10. The lowest BCUT2D eigenvalue weighted by molar-refractivity contribution is -0.117. The zero-order chi connectivity index (χ0) is 20.1. The molecule has 0 atom stereocenters. The van der Waals surface area contributed by atoms with Crippen LogP contribution in [0.1, 0.15) is 23.6 Å². The Kier molecular flexibility index (Phi) is 6.65. The van der Waals surface area contributed by atoms with E-state index in [0.29, 0.717) is 24.6 Å². The average molecular weight is 399 g/mol. The van der Waals surface area contributed by atoms with Crippen LogP contribution >= 0.6 is 11.3 Å². The van der Waals surface area contributed by atoms with Crippen molar-refractivity contribution in [3.63, 3.8) is 0 Å². The molecule has 0 aliphatic rings. The third-order valence-electron chi connectivity index (χ3n) is 4.63. The van der Waals surface area contributed by atoms with Gasteiger partial charge >= 0.3 is 0 Å². The first-order chi connectivity index (χ1) is 13.5. The first-order valence-corrected chi connectivity index (χ1v) is 10.2. The summed E-state index contributed by atoms with van der Waals surface area (Å²) < 4.78 is 13.9. The molecule has 3 aromatic rings. The minimum Gasteiger partial charge on any atom is -0.494 e. The zero-order valence-electron chi connectivity index (χ0n) is 16.8. The van der Waals surface area contributed by atoms with Crippen LogP contribution in [0.4, 0.5) is 0 Å². The van der Waals surface area contributed by atoms with Crippen molar-refractivity contribution in [2.24, 2.45) is 4.99 Å². The van der Waals surface area contributed by atoms with E-state index in [4.69, 9.17) is 9.47 Å². The molecule has 2 aromatic carbocycles. The number of aromatic nitrogens is 1. The summed E-state index contributed by atoms with van der Waals surface area (Å²) in [4.78, 5) is 17.7.